The van der Waals surface area contributed by atoms with E-state index in [1.807, 2.05) is 12.3 Å². The predicted octanol–water partition coefficient (Wildman–Crippen LogP) is 2.80. The lowest BCUT2D eigenvalue weighted by Crippen LogP contribution is -2.45. The molecule has 0 amide bonds. The van der Waals surface area contributed by atoms with E-state index in [4.69, 9.17) is 4.74 Å². The zero-order chi connectivity index (χ0) is 22.1. The van der Waals surface area contributed by atoms with Crippen molar-refractivity contribution in [3.05, 3.63) is 53.2 Å². The van der Waals surface area contributed by atoms with E-state index < -0.39 is 0 Å². The van der Waals surface area contributed by atoms with Gasteiger partial charge in [-0.2, -0.15) is 0 Å². The molecule has 3 rings (SSSR count). The van der Waals surface area contributed by atoms with Crippen LogP contribution in [0.5, 0.6) is 5.75 Å². The number of likely N-dealkylation sites (N-methyl/N-ethyl adjacent to an activating group) is 1. The van der Waals surface area contributed by atoms with Gasteiger partial charge in [0.15, 0.2) is 5.96 Å². The summed E-state index contributed by atoms with van der Waals surface area (Å²) in [6.07, 6.45) is 2.87. The van der Waals surface area contributed by atoms with Gasteiger partial charge in [0.05, 0.1) is 6.61 Å². The molecule has 0 aliphatic carbocycles. The highest BCUT2D eigenvalue weighted by atomic mass is 16.5. The Morgan fingerprint density at radius 3 is 2.55 bits per heavy atom. The highest BCUT2D eigenvalue weighted by Gasteiger charge is 2.18. The van der Waals surface area contributed by atoms with Gasteiger partial charge < -0.3 is 25.2 Å². The number of hydrogen-bond donors (Lipinski definition) is 2. The lowest BCUT2D eigenvalue weighted by Gasteiger charge is -2.34. The van der Waals surface area contributed by atoms with Crippen LogP contribution in [0.1, 0.15) is 30.0 Å². The Morgan fingerprint density at radius 1 is 1.10 bits per heavy atom. The number of pyridine rings is 1. The number of ether oxygens (including phenoxy) is 1. The number of aryl methyl sites for hydroxylation is 1. The first kappa shape index (κ1) is 22.9. The van der Waals surface area contributed by atoms with Gasteiger partial charge in [-0.05, 0) is 38.1 Å². The normalized spacial score (nSPS) is 15.1. The third-order valence-corrected chi connectivity index (χ3v) is 5.47. The number of aliphatic imine (C=N–C) groups is 1. The second-order valence-electron chi connectivity index (χ2n) is 8.02. The van der Waals surface area contributed by atoms with Gasteiger partial charge in [0.1, 0.15) is 11.6 Å². The van der Waals surface area contributed by atoms with E-state index in [0.717, 1.165) is 62.3 Å². The van der Waals surface area contributed by atoms with Crippen LogP contribution in [0.2, 0.25) is 0 Å². The summed E-state index contributed by atoms with van der Waals surface area (Å²) in [6.45, 7) is 10.4. The molecule has 0 unspecified atom stereocenters. The maximum Gasteiger partial charge on any atom is 0.191 e. The molecule has 1 aliphatic heterocycles. The minimum atomic E-state index is 0.650. The smallest absolute Gasteiger partial charge is 0.191 e. The van der Waals surface area contributed by atoms with Crippen LogP contribution in [-0.4, -0.2) is 62.7 Å². The quantitative estimate of drug-likeness (QED) is 0.502. The van der Waals surface area contributed by atoms with Crippen molar-refractivity contribution in [3.63, 3.8) is 0 Å². The van der Waals surface area contributed by atoms with Crippen LogP contribution >= 0.6 is 0 Å². The van der Waals surface area contributed by atoms with Gasteiger partial charge in [0.25, 0.3) is 0 Å². The number of hydrogen-bond acceptors (Lipinski definition) is 5. The Balaban J connectivity index is 1.60. The van der Waals surface area contributed by atoms with E-state index in [1.54, 1.807) is 7.05 Å². The molecule has 2 N–H and O–H groups in total. The molecule has 1 aliphatic rings. The molecule has 0 radical (unpaired) electrons. The van der Waals surface area contributed by atoms with Gasteiger partial charge in [-0.1, -0.05) is 25.1 Å². The fourth-order valence-corrected chi connectivity index (χ4v) is 3.60. The van der Waals surface area contributed by atoms with E-state index >= 15 is 0 Å². The molecule has 0 saturated carbocycles. The molecule has 7 heteroatoms. The molecule has 1 aromatic heterocycles. The van der Waals surface area contributed by atoms with Crippen LogP contribution in [-0.2, 0) is 13.1 Å². The van der Waals surface area contributed by atoms with Gasteiger partial charge in [-0.15, -0.1) is 0 Å². The number of nitrogens with one attached hydrogen (secondary N) is 2. The highest BCUT2D eigenvalue weighted by Crippen LogP contribution is 2.21. The summed E-state index contributed by atoms with van der Waals surface area (Å²) in [5, 5.41) is 6.85. The van der Waals surface area contributed by atoms with Gasteiger partial charge >= 0.3 is 0 Å². The lowest BCUT2D eigenvalue weighted by molar-refractivity contribution is 0.312. The van der Waals surface area contributed by atoms with Crippen LogP contribution in [0.3, 0.4) is 0 Å². The van der Waals surface area contributed by atoms with Crippen molar-refractivity contribution in [1.29, 1.82) is 0 Å². The van der Waals surface area contributed by atoms with Crippen LogP contribution < -0.4 is 20.3 Å². The summed E-state index contributed by atoms with van der Waals surface area (Å²) in [5.41, 5.74) is 3.50. The molecule has 1 fully saturated rings. The van der Waals surface area contributed by atoms with Crippen molar-refractivity contribution in [1.82, 2.24) is 20.5 Å². The minimum Gasteiger partial charge on any atom is -0.493 e. The third-order valence-electron chi connectivity index (χ3n) is 5.47. The number of guanidine groups is 1. The largest absolute Gasteiger partial charge is 0.493 e. The summed E-state index contributed by atoms with van der Waals surface area (Å²) < 4.78 is 5.94. The Labute approximate surface area is 186 Å². The molecule has 0 spiro atoms. The standard InChI is InChI=1S/C24H36N6O/c1-5-15-31-22-16-19(2)8-9-20(22)17-27-24(25-3)28-18-21-7-6-10-26-23(21)30-13-11-29(4)12-14-30/h6-10,16H,5,11-15,17-18H2,1-4H3,(H2,25,27,28). The zero-order valence-corrected chi connectivity index (χ0v) is 19.3. The Hall–Kier alpha value is -2.80. The van der Waals surface area contributed by atoms with Crippen molar-refractivity contribution >= 4 is 11.8 Å². The Bertz CT molecular complexity index is 861. The molecule has 168 valence electrons. The first-order valence-corrected chi connectivity index (χ1v) is 11.1. The van der Waals surface area contributed by atoms with E-state index in [1.165, 1.54) is 11.1 Å². The first-order chi connectivity index (χ1) is 15.1. The average Bonchev–Trinajstić information content (AvgIpc) is 2.79. The van der Waals surface area contributed by atoms with Crippen molar-refractivity contribution < 1.29 is 4.74 Å². The predicted molar refractivity (Wildman–Crippen MR) is 128 cm³/mol. The summed E-state index contributed by atoms with van der Waals surface area (Å²) in [7, 11) is 3.96. The van der Waals surface area contributed by atoms with Crippen LogP contribution in [0.15, 0.2) is 41.5 Å². The summed E-state index contributed by atoms with van der Waals surface area (Å²) in [4.78, 5) is 13.8. The van der Waals surface area contributed by atoms with Gasteiger partial charge in [-0.25, -0.2) is 4.98 Å². The van der Waals surface area contributed by atoms with Crippen LogP contribution in [0.25, 0.3) is 0 Å². The fourth-order valence-electron chi connectivity index (χ4n) is 3.60. The molecule has 31 heavy (non-hydrogen) atoms. The molecule has 7 nitrogen and oxygen atoms in total. The number of benzene rings is 1. The second-order valence-corrected chi connectivity index (χ2v) is 8.02. The van der Waals surface area contributed by atoms with Crippen LogP contribution in [0.4, 0.5) is 5.82 Å². The van der Waals surface area contributed by atoms with Gasteiger partial charge in [0, 0.05) is 63.6 Å². The lowest BCUT2D eigenvalue weighted by atomic mass is 10.1. The number of rotatable bonds is 8. The van der Waals surface area contributed by atoms with Crippen molar-refractivity contribution in [2.75, 3.05) is 51.8 Å². The fraction of sp³-hybridized carbons (Fsp3) is 0.500. The average molecular weight is 425 g/mol. The van der Waals surface area contributed by atoms with Crippen molar-refractivity contribution in [2.45, 2.75) is 33.4 Å². The molecule has 0 atom stereocenters. The van der Waals surface area contributed by atoms with E-state index in [-0.39, 0.29) is 0 Å². The number of anilines is 1. The third kappa shape index (κ3) is 6.59. The Kier molecular flexibility index (Phi) is 8.53. The molecule has 2 aromatic rings. The second kappa shape index (κ2) is 11.6. The minimum absolute atomic E-state index is 0.650. The van der Waals surface area contributed by atoms with E-state index in [9.17, 15) is 0 Å². The molecular weight excluding hydrogens is 388 g/mol. The van der Waals surface area contributed by atoms with Crippen molar-refractivity contribution in [2.24, 2.45) is 4.99 Å². The molecule has 1 saturated heterocycles. The molecule has 0 bridgehead atoms. The van der Waals surface area contributed by atoms with Crippen molar-refractivity contribution in [3.8, 4) is 5.75 Å². The maximum absolute atomic E-state index is 5.94. The summed E-state index contributed by atoms with van der Waals surface area (Å²) >= 11 is 0. The monoisotopic (exact) mass is 424 g/mol. The number of nitrogens with zero attached hydrogens (tertiary/aromatic N) is 4. The Morgan fingerprint density at radius 2 is 1.84 bits per heavy atom. The molecular formula is C24H36N6O. The van der Waals surface area contributed by atoms with Gasteiger partial charge in [0.2, 0.25) is 0 Å². The topological polar surface area (TPSA) is 65.0 Å². The highest BCUT2D eigenvalue weighted by molar-refractivity contribution is 5.79. The first-order valence-electron chi connectivity index (χ1n) is 11.1. The zero-order valence-electron chi connectivity index (χ0n) is 19.3. The van der Waals surface area contributed by atoms with E-state index in [2.05, 4.69) is 75.6 Å². The van der Waals surface area contributed by atoms with Gasteiger partial charge in [-0.3, -0.25) is 4.99 Å². The summed E-state index contributed by atoms with van der Waals surface area (Å²) in [6, 6.07) is 10.5. The summed E-state index contributed by atoms with van der Waals surface area (Å²) in [5.74, 6) is 2.76. The maximum atomic E-state index is 5.94. The number of aromatic nitrogens is 1. The van der Waals surface area contributed by atoms with E-state index in [0.29, 0.717) is 13.1 Å². The molecule has 1 aromatic carbocycles. The number of piperazine rings is 1. The molecule has 2 heterocycles. The SMILES string of the molecule is CCCOc1cc(C)ccc1CNC(=NC)NCc1cccnc1N1CCN(C)CC1. The van der Waals surface area contributed by atoms with Crippen LogP contribution in [0, 0.1) is 6.92 Å².